The highest BCUT2D eigenvalue weighted by molar-refractivity contribution is 5.95. The van der Waals surface area contributed by atoms with E-state index in [0.717, 1.165) is 28.0 Å². The molecule has 0 atom stereocenters. The fourth-order valence-corrected chi connectivity index (χ4v) is 4.10. The third kappa shape index (κ3) is 5.75. The number of aromatic nitrogens is 2. The molecule has 0 spiro atoms. The van der Waals surface area contributed by atoms with E-state index in [9.17, 15) is 14.7 Å². The van der Waals surface area contributed by atoms with Gasteiger partial charge in [-0.1, -0.05) is 32.0 Å². The van der Waals surface area contributed by atoms with Gasteiger partial charge < -0.3 is 15.0 Å². The second kappa shape index (κ2) is 10.5. The first-order valence-electron chi connectivity index (χ1n) is 11.7. The molecule has 7 nitrogen and oxygen atoms in total. The summed E-state index contributed by atoms with van der Waals surface area (Å²) in [5.74, 6) is 0.177. The molecule has 0 saturated carbocycles. The molecule has 0 aliphatic heterocycles. The van der Waals surface area contributed by atoms with Gasteiger partial charge in [-0.15, -0.1) is 0 Å². The Morgan fingerprint density at radius 3 is 2.51 bits per heavy atom. The van der Waals surface area contributed by atoms with Crippen molar-refractivity contribution < 1.29 is 14.7 Å². The molecule has 0 radical (unpaired) electrons. The van der Waals surface area contributed by atoms with E-state index in [4.69, 9.17) is 0 Å². The summed E-state index contributed by atoms with van der Waals surface area (Å²) < 4.78 is 1.98. The number of nitrogens with one attached hydrogen (secondary N) is 1. The Labute approximate surface area is 205 Å². The molecule has 0 saturated heterocycles. The number of likely N-dealkylation sites (N-methyl/N-ethyl adjacent to an activating group) is 1. The molecule has 2 aromatic carbocycles. The number of anilines is 1. The summed E-state index contributed by atoms with van der Waals surface area (Å²) in [5.41, 5.74) is 4.16. The number of carboxylic acid groups (broad SMARTS) is 1. The van der Waals surface area contributed by atoms with Crippen molar-refractivity contribution in [1.29, 1.82) is 0 Å². The number of amides is 1. The molecule has 0 aliphatic rings. The van der Waals surface area contributed by atoms with Gasteiger partial charge in [0.1, 0.15) is 5.82 Å². The molecule has 2 heterocycles. The Morgan fingerprint density at radius 1 is 1.09 bits per heavy atom. The molecule has 7 heteroatoms. The number of hydrogen-bond acceptors (Lipinski definition) is 4. The van der Waals surface area contributed by atoms with Gasteiger partial charge in [0.2, 0.25) is 5.91 Å². The highest BCUT2D eigenvalue weighted by Crippen LogP contribution is 2.26. The third-order valence-corrected chi connectivity index (χ3v) is 6.07. The fourth-order valence-electron chi connectivity index (χ4n) is 4.10. The lowest BCUT2D eigenvalue weighted by Gasteiger charge is -2.16. The molecule has 1 amide bonds. The van der Waals surface area contributed by atoms with Crippen LogP contribution < -0.4 is 5.32 Å². The highest BCUT2D eigenvalue weighted by atomic mass is 16.4. The Kier molecular flexibility index (Phi) is 7.27. The van der Waals surface area contributed by atoms with Crippen LogP contribution in [0.3, 0.4) is 0 Å². The number of carboxylic acids is 1. The SMILES string of the molecule is CC(C)c1ccc(NC(=O)CN(C)CCc2cn(-c3ccccn3)c3ccc(C(=O)O)cc23)cc1. The number of fused-ring (bicyclic) bond motifs is 1. The molecule has 2 N–H and O–H groups in total. The van der Waals surface area contributed by atoms with E-state index in [1.165, 1.54) is 5.56 Å². The van der Waals surface area contributed by atoms with Crippen LogP contribution in [-0.4, -0.2) is 51.6 Å². The smallest absolute Gasteiger partial charge is 0.335 e. The number of pyridine rings is 1. The van der Waals surface area contributed by atoms with Gasteiger partial charge in [0.15, 0.2) is 0 Å². The molecule has 4 rings (SSSR count). The predicted molar refractivity (Wildman–Crippen MR) is 138 cm³/mol. The van der Waals surface area contributed by atoms with E-state index < -0.39 is 5.97 Å². The van der Waals surface area contributed by atoms with Crippen LogP contribution in [0, 0.1) is 0 Å². The van der Waals surface area contributed by atoms with Crippen molar-refractivity contribution in [3.63, 3.8) is 0 Å². The van der Waals surface area contributed by atoms with E-state index in [2.05, 4.69) is 24.1 Å². The zero-order valence-electron chi connectivity index (χ0n) is 20.2. The van der Waals surface area contributed by atoms with Gasteiger partial charge in [-0.2, -0.15) is 0 Å². The standard InChI is InChI=1S/C28H30N4O3/c1-19(2)20-7-10-23(11-8-20)30-27(33)18-31(3)15-13-22-17-32(26-6-4-5-14-29-26)25-12-9-21(28(34)35)16-24(22)25/h4-12,14,16-17,19H,13,15,18H2,1-3H3,(H,30,33)(H,34,35). The van der Waals surface area contributed by atoms with Gasteiger partial charge >= 0.3 is 5.97 Å². The second-order valence-corrected chi connectivity index (χ2v) is 9.06. The lowest BCUT2D eigenvalue weighted by atomic mass is 10.0. The van der Waals surface area contributed by atoms with Gasteiger partial charge in [-0.25, -0.2) is 9.78 Å². The number of aromatic carboxylic acids is 1. The molecule has 180 valence electrons. The van der Waals surface area contributed by atoms with Gasteiger partial charge in [0, 0.05) is 30.0 Å². The lowest BCUT2D eigenvalue weighted by Crippen LogP contribution is -2.31. The van der Waals surface area contributed by atoms with Gasteiger partial charge in [-0.05, 0) is 73.0 Å². The van der Waals surface area contributed by atoms with E-state index in [1.807, 2.05) is 71.2 Å². The van der Waals surface area contributed by atoms with Crippen molar-refractivity contribution in [2.45, 2.75) is 26.2 Å². The summed E-state index contributed by atoms with van der Waals surface area (Å²) in [6.45, 7) is 5.17. The molecule has 0 fully saturated rings. The van der Waals surface area contributed by atoms with Crippen LogP contribution in [0.5, 0.6) is 0 Å². The minimum Gasteiger partial charge on any atom is -0.478 e. The van der Waals surface area contributed by atoms with Crippen LogP contribution in [-0.2, 0) is 11.2 Å². The van der Waals surface area contributed by atoms with Gasteiger partial charge in [0.25, 0.3) is 0 Å². The zero-order chi connectivity index (χ0) is 24.9. The van der Waals surface area contributed by atoms with Crippen molar-refractivity contribution in [3.8, 4) is 5.82 Å². The van der Waals surface area contributed by atoms with Gasteiger partial charge in [-0.3, -0.25) is 9.69 Å². The van der Waals surface area contributed by atoms with E-state index in [0.29, 0.717) is 18.9 Å². The number of nitrogens with zero attached hydrogens (tertiary/aromatic N) is 3. The Hall–Kier alpha value is -3.97. The van der Waals surface area contributed by atoms with Crippen LogP contribution in [0.15, 0.2) is 73.1 Å². The summed E-state index contributed by atoms with van der Waals surface area (Å²) in [7, 11) is 1.90. The minimum atomic E-state index is -0.960. The third-order valence-electron chi connectivity index (χ3n) is 6.07. The van der Waals surface area contributed by atoms with Gasteiger partial charge in [0.05, 0.1) is 17.6 Å². The summed E-state index contributed by atoms with van der Waals surface area (Å²) >= 11 is 0. The largest absolute Gasteiger partial charge is 0.478 e. The summed E-state index contributed by atoms with van der Waals surface area (Å²) in [5, 5.41) is 13.3. The maximum absolute atomic E-state index is 12.5. The molecule has 4 aromatic rings. The average Bonchev–Trinajstić information content (AvgIpc) is 3.21. The molecule has 2 aromatic heterocycles. The maximum atomic E-state index is 12.5. The Bertz CT molecular complexity index is 1330. The van der Waals surface area contributed by atoms with E-state index in [1.54, 1.807) is 18.3 Å². The first-order valence-corrected chi connectivity index (χ1v) is 11.7. The van der Waals surface area contributed by atoms with Crippen LogP contribution in [0.25, 0.3) is 16.7 Å². The summed E-state index contributed by atoms with van der Waals surface area (Å²) in [6.07, 6.45) is 4.39. The van der Waals surface area contributed by atoms with Crippen LogP contribution in [0.1, 0.15) is 41.3 Å². The van der Waals surface area contributed by atoms with Crippen LogP contribution in [0.2, 0.25) is 0 Å². The van der Waals surface area contributed by atoms with Crippen molar-refractivity contribution in [2.24, 2.45) is 0 Å². The molecule has 0 unspecified atom stereocenters. The molecular formula is C28H30N4O3. The predicted octanol–water partition coefficient (Wildman–Crippen LogP) is 4.96. The summed E-state index contributed by atoms with van der Waals surface area (Å²) in [4.78, 5) is 30.5. The highest BCUT2D eigenvalue weighted by Gasteiger charge is 2.15. The average molecular weight is 471 g/mol. The lowest BCUT2D eigenvalue weighted by molar-refractivity contribution is -0.117. The zero-order valence-corrected chi connectivity index (χ0v) is 20.2. The molecule has 0 bridgehead atoms. The summed E-state index contributed by atoms with van der Waals surface area (Å²) in [6, 6.07) is 18.8. The van der Waals surface area contributed by atoms with E-state index >= 15 is 0 Å². The second-order valence-electron chi connectivity index (χ2n) is 9.06. The monoisotopic (exact) mass is 470 g/mol. The number of hydrogen-bond donors (Lipinski definition) is 2. The number of carbonyl (C=O) groups excluding carboxylic acids is 1. The Balaban J connectivity index is 1.46. The molecular weight excluding hydrogens is 440 g/mol. The Morgan fingerprint density at radius 2 is 1.86 bits per heavy atom. The topological polar surface area (TPSA) is 87.5 Å². The number of carbonyl (C=O) groups is 2. The number of benzene rings is 2. The number of rotatable bonds is 9. The first-order chi connectivity index (χ1) is 16.8. The first kappa shape index (κ1) is 24.2. The van der Waals surface area contributed by atoms with Crippen LogP contribution in [0.4, 0.5) is 5.69 Å². The minimum absolute atomic E-state index is 0.0751. The maximum Gasteiger partial charge on any atom is 0.335 e. The van der Waals surface area contributed by atoms with Crippen molar-refractivity contribution in [1.82, 2.24) is 14.5 Å². The van der Waals surface area contributed by atoms with Crippen molar-refractivity contribution in [2.75, 3.05) is 25.5 Å². The van der Waals surface area contributed by atoms with Crippen molar-refractivity contribution >= 4 is 28.5 Å². The van der Waals surface area contributed by atoms with Crippen molar-refractivity contribution in [3.05, 3.63) is 89.7 Å². The van der Waals surface area contributed by atoms with E-state index in [-0.39, 0.29) is 18.0 Å². The fraction of sp³-hybridized carbons (Fsp3) is 0.250. The quantitative estimate of drug-likeness (QED) is 0.361. The normalized spacial score (nSPS) is 11.3. The molecule has 0 aliphatic carbocycles. The molecule has 35 heavy (non-hydrogen) atoms. The van der Waals surface area contributed by atoms with Crippen LogP contribution >= 0.6 is 0 Å².